The van der Waals surface area contributed by atoms with Gasteiger partial charge in [-0.1, -0.05) is 46.8 Å². The molecule has 4 atom stereocenters. The van der Waals surface area contributed by atoms with E-state index in [2.05, 4.69) is 47.7 Å². The fourth-order valence-corrected chi connectivity index (χ4v) is 5.56. The lowest BCUT2D eigenvalue weighted by atomic mass is 9.75. The van der Waals surface area contributed by atoms with E-state index in [0.29, 0.717) is 37.4 Å². The minimum Gasteiger partial charge on any atom is -0.497 e. The van der Waals surface area contributed by atoms with Crippen LogP contribution >= 0.6 is 0 Å². The molecule has 0 bridgehead atoms. The van der Waals surface area contributed by atoms with Gasteiger partial charge >= 0.3 is 0 Å². The maximum atomic E-state index is 11.5. The van der Waals surface area contributed by atoms with Crippen LogP contribution in [0.2, 0.25) is 18.1 Å². The molecule has 5 heteroatoms. The minimum atomic E-state index is -1.84. The van der Waals surface area contributed by atoms with Gasteiger partial charge in [0.25, 0.3) is 0 Å². The number of aldehydes is 1. The average Bonchev–Trinajstić information content (AvgIpc) is 2.89. The highest BCUT2D eigenvalue weighted by Gasteiger charge is 2.50. The molecule has 4 nitrogen and oxygen atoms in total. The second kappa shape index (κ2) is 9.97. The summed E-state index contributed by atoms with van der Waals surface area (Å²) in [5.41, 5.74) is 1.13. The van der Waals surface area contributed by atoms with Gasteiger partial charge in [-0.2, -0.15) is 0 Å². The first-order valence-electron chi connectivity index (χ1n) is 11.2. The Balaban J connectivity index is 2.07. The molecule has 0 N–H and O–H groups in total. The van der Waals surface area contributed by atoms with Crippen LogP contribution < -0.4 is 4.74 Å². The van der Waals surface area contributed by atoms with Crippen molar-refractivity contribution in [3.8, 4) is 5.75 Å². The summed E-state index contributed by atoms with van der Waals surface area (Å²) in [5, 5.41) is 0.179. The average molecular weight is 435 g/mol. The van der Waals surface area contributed by atoms with Crippen molar-refractivity contribution in [2.24, 2.45) is 23.2 Å². The van der Waals surface area contributed by atoms with Crippen LogP contribution in [0.15, 0.2) is 24.3 Å². The standard InChI is InChI=1S/C25H42O4Si/c1-19-15-25(5,13-14-26)23(18-29-30(7,8)24(2,3)4)22(19)17-28-16-20-9-11-21(27-6)12-10-20/h9-12,14,19,22-23H,13,15-18H2,1-8H3/t19-,22+,23-,25+/m0/s1. The molecule has 1 aromatic carbocycles. The van der Waals surface area contributed by atoms with Crippen LogP contribution in [0.1, 0.15) is 53.0 Å². The van der Waals surface area contributed by atoms with Gasteiger partial charge in [0.05, 0.1) is 20.3 Å². The maximum absolute atomic E-state index is 11.5. The Hall–Kier alpha value is -1.17. The molecule has 0 radical (unpaired) electrons. The van der Waals surface area contributed by atoms with Crippen molar-refractivity contribution in [2.45, 2.75) is 72.2 Å². The van der Waals surface area contributed by atoms with Gasteiger partial charge in [-0.15, -0.1) is 0 Å². The molecule has 0 spiro atoms. The van der Waals surface area contributed by atoms with E-state index in [1.165, 1.54) is 0 Å². The summed E-state index contributed by atoms with van der Waals surface area (Å²) in [6.07, 6.45) is 2.73. The molecular formula is C25H42O4Si. The van der Waals surface area contributed by atoms with Crippen molar-refractivity contribution in [1.82, 2.24) is 0 Å². The highest BCUT2D eigenvalue weighted by Crippen LogP contribution is 2.52. The number of hydrogen-bond donors (Lipinski definition) is 0. The van der Waals surface area contributed by atoms with Gasteiger partial charge in [0.1, 0.15) is 12.0 Å². The Morgan fingerprint density at radius 2 is 1.80 bits per heavy atom. The summed E-state index contributed by atoms with van der Waals surface area (Å²) in [5.74, 6) is 2.11. The normalized spacial score (nSPS) is 27.3. The molecule has 1 saturated carbocycles. The van der Waals surface area contributed by atoms with Crippen LogP contribution in [0, 0.1) is 23.2 Å². The van der Waals surface area contributed by atoms with Crippen molar-refractivity contribution in [3.63, 3.8) is 0 Å². The SMILES string of the molecule is COc1ccc(COC[C@@H]2[C@@H](C)C[C@@](C)(CC=O)[C@H]2CO[Si](C)(C)C(C)(C)C)cc1. The molecule has 30 heavy (non-hydrogen) atoms. The Bertz CT molecular complexity index is 679. The summed E-state index contributed by atoms with van der Waals surface area (Å²) < 4.78 is 18.0. The van der Waals surface area contributed by atoms with Crippen LogP contribution in [0.5, 0.6) is 5.75 Å². The van der Waals surface area contributed by atoms with E-state index >= 15 is 0 Å². The predicted octanol–water partition coefficient (Wildman–Crippen LogP) is 6.10. The Morgan fingerprint density at radius 3 is 2.33 bits per heavy atom. The zero-order valence-electron chi connectivity index (χ0n) is 20.3. The summed E-state index contributed by atoms with van der Waals surface area (Å²) in [6.45, 7) is 18.0. The van der Waals surface area contributed by atoms with Crippen LogP contribution in [-0.4, -0.2) is 34.9 Å². The Morgan fingerprint density at radius 1 is 1.17 bits per heavy atom. The fourth-order valence-electron chi connectivity index (χ4n) is 4.53. The number of ether oxygens (including phenoxy) is 2. The lowest BCUT2D eigenvalue weighted by molar-refractivity contribution is -0.110. The summed E-state index contributed by atoms with van der Waals surface area (Å²) >= 11 is 0. The van der Waals surface area contributed by atoms with Crippen molar-refractivity contribution >= 4 is 14.6 Å². The number of carbonyl (C=O) groups is 1. The van der Waals surface area contributed by atoms with E-state index in [9.17, 15) is 4.79 Å². The smallest absolute Gasteiger partial charge is 0.191 e. The third kappa shape index (κ3) is 5.95. The third-order valence-corrected chi connectivity index (χ3v) is 12.1. The molecule has 0 amide bonds. The van der Waals surface area contributed by atoms with Crippen LogP contribution in [0.3, 0.4) is 0 Å². The number of methoxy groups -OCH3 is 1. The highest BCUT2D eigenvalue weighted by molar-refractivity contribution is 6.74. The predicted molar refractivity (Wildman–Crippen MR) is 125 cm³/mol. The zero-order chi connectivity index (χ0) is 22.6. The highest BCUT2D eigenvalue weighted by atomic mass is 28.4. The second-order valence-electron chi connectivity index (χ2n) is 10.9. The van der Waals surface area contributed by atoms with Gasteiger partial charge in [-0.05, 0) is 65.4 Å². The monoisotopic (exact) mass is 434 g/mol. The molecular weight excluding hydrogens is 392 g/mol. The fraction of sp³-hybridized carbons (Fsp3) is 0.720. The van der Waals surface area contributed by atoms with E-state index in [0.717, 1.165) is 30.6 Å². The van der Waals surface area contributed by atoms with Gasteiger partial charge in [0.2, 0.25) is 0 Å². The molecule has 0 saturated heterocycles. The molecule has 170 valence electrons. The van der Waals surface area contributed by atoms with Gasteiger partial charge in [-0.3, -0.25) is 0 Å². The van der Waals surface area contributed by atoms with Crippen molar-refractivity contribution in [1.29, 1.82) is 0 Å². The van der Waals surface area contributed by atoms with Crippen molar-refractivity contribution in [3.05, 3.63) is 29.8 Å². The Labute approximate surface area is 184 Å². The first kappa shape index (κ1) is 25.1. The van der Waals surface area contributed by atoms with E-state index in [-0.39, 0.29) is 10.5 Å². The van der Waals surface area contributed by atoms with Crippen molar-refractivity contribution in [2.75, 3.05) is 20.3 Å². The number of benzene rings is 1. The van der Waals surface area contributed by atoms with E-state index in [4.69, 9.17) is 13.9 Å². The zero-order valence-corrected chi connectivity index (χ0v) is 21.3. The first-order valence-corrected chi connectivity index (χ1v) is 14.1. The van der Waals surface area contributed by atoms with Crippen molar-refractivity contribution < 1.29 is 18.7 Å². The summed E-state index contributed by atoms with van der Waals surface area (Å²) in [4.78, 5) is 11.5. The Kier molecular flexibility index (Phi) is 8.34. The van der Waals surface area contributed by atoms with Crippen LogP contribution in [0.25, 0.3) is 0 Å². The van der Waals surface area contributed by atoms with E-state index < -0.39 is 8.32 Å². The van der Waals surface area contributed by atoms with Gasteiger partial charge in [-0.25, -0.2) is 0 Å². The summed E-state index contributed by atoms with van der Waals surface area (Å²) in [6, 6.07) is 8.03. The van der Waals surface area contributed by atoms with E-state index in [1.807, 2.05) is 24.3 Å². The van der Waals surface area contributed by atoms with Crippen LogP contribution in [0.4, 0.5) is 0 Å². The van der Waals surface area contributed by atoms with Crippen LogP contribution in [-0.2, 0) is 20.6 Å². The third-order valence-electron chi connectivity index (χ3n) is 7.65. The van der Waals surface area contributed by atoms with E-state index in [1.54, 1.807) is 7.11 Å². The van der Waals surface area contributed by atoms with Gasteiger partial charge in [0.15, 0.2) is 8.32 Å². The topological polar surface area (TPSA) is 44.8 Å². The molecule has 1 aliphatic rings. The molecule has 0 unspecified atom stereocenters. The van der Waals surface area contributed by atoms with Gasteiger partial charge < -0.3 is 18.7 Å². The molecule has 0 aromatic heterocycles. The molecule has 0 aliphatic heterocycles. The molecule has 2 rings (SSSR count). The largest absolute Gasteiger partial charge is 0.497 e. The number of rotatable bonds is 10. The lowest BCUT2D eigenvalue weighted by Gasteiger charge is -2.40. The lowest BCUT2D eigenvalue weighted by Crippen LogP contribution is -2.44. The number of carbonyl (C=O) groups excluding carboxylic acids is 1. The number of hydrogen-bond acceptors (Lipinski definition) is 4. The second-order valence-corrected chi connectivity index (χ2v) is 15.7. The first-order chi connectivity index (χ1) is 13.9. The quantitative estimate of drug-likeness (QED) is 0.330. The van der Waals surface area contributed by atoms with Gasteiger partial charge in [0, 0.05) is 13.0 Å². The molecule has 1 aliphatic carbocycles. The maximum Gasteiger partial charge on any atom is 0.191 e. The minimum absolute atomic E-state index is 0.0162. The molecule has 1 fully saturated rings. The summed E-state index contributed by atoms with van der Waals surface area (Å²) in [7, 11) is -0.168. The molecule has 1 aromatic rings. The molecule has 0 heterocycles.